The predicted molar refractivity (Wildman–Crippen MR) is 86.9 cm³/mol. The van der Waals surface area contributed by atoms with Gasteiger partial charge in [0.25, 0.3) is 5.91 Å². The molecule has 0 aliphatic heterocycles. The molecule has 128 valence electrons. The third kappa shape index (κ3) is 4.61. The molecule has 0 bridgehead atoms. The lowest BCUT2D eigenvalue weighted by Crippen LogP contribution is -2.52. The highest BCUT2D eigenvalue weighted by molar-refractivity contribution is 5.98. The largest absolute Gasteiger partial charge is 0.493 e. The van der Waals surface area contributed by atoms with E-state index in [9.17, 15) is 9.59 Å². The van der Waals surface area contributed by atoms with Crippen molar-refractivity contribution in [1.82, 2.24) is 5.32 Å². The Morgan fingerprint density at radius 1 is 1.22 bits per heavy atom. The Morgan fingerprint density at radius 3 is 2.35 bits per heavy atom. The van der Waals surface area contributed by atoms with Gasteiger partial charge in [0, 0.05) is 5.56 Å². The summed E-state index contributed by atoms with van der Waals surface area (Å²) in [6.45, 7) is 7.24. The van der Waals surface area contributed by atoms with E-state index < -0.39 is 11.5 Å². The van der Waals surface area contributed by atoms with Gasteiger partial charge in [0.2, 0.25) is 0 Å². The maximum atomic E-state index is 12.4. The van der Waals surface area contributed by atoms with Crippen LogP contribution in [0.25, 0.3) is 0 Å². The van der Waals surface area contributed by atoms with Crippen molar-refractivity contribution in [3.05, 3.63) is 23.8 Å². The number of benzene rings is 1. The summed E-state index contributed by atoms with van der Waals surface area (Å²) in [6.07, 6.45) is 0.406. The molecule has 0 spiro atoms. The lowest BCUT2D eigenvalue weighted by molar-refractivity contribution is -0.147. The highest BCUT2D eigenvalue weighted by atomic mass is 16.5. The zero-order valence-electron chi connectivity index (χ0n) is 14.6. The molecule has 0 aromatic heterocycles. The number of hydrogen-bond acceptors (Lipinski definition) is 5. The monoisotopic (exact) mass is 323 g/mol. The van der Waals surface area contributed by atoms with Crippen LogP contribution in [0.3, 0.4) is 0 Å². The minimum atomic E-state index is -1.08. The minimum Gasteiger partial charge on any atom is -0.493 e. The Kier molecular flexibility index (Phi) is 6.42. The molecule has 1 N–H and O–H groups in total. The van der Waals surface area contributed by atoms with Crippen LogP contribution in [0.1, 0.15) is 44.5 Å². The van der Waals surface area contributed by atoms with Crippen molar-refractivity contribution in [1.29, 1.82) is 0 Å². The Morgan fingerprint density at radius 2 is 1.87 bits per heavy atom. The van der Waals surface area contributed by atoms with Gasteiger partial charge in [-0.3, -0.25) is 4.79 Å². The number of carbonyl (C=O) groups is 2. The van der Waals surface area contributed by atoms with Crippen molar-refractivity contribution in [3.8, 4) is 11.5 Å². The Balaban J connectivity index is 3.02. The van der Waals surface area contributed by atoms with Crippen molar-refractivity contribution in [2.45, 2.75) is 45.8 Å². The Labute approximate surface area is 137 Å². The third-order valence-electron chi connectivity index (χ3n) is 3.52. The van der Waals surface area contributed by atoms with Gasteiger partial charge >= 0.3 is 5.97 Å². The molecule has 0 heterocycles. The van der Waals surface area contributed by atoms with Crippen LogP contribution in [0.5, 0.6) is 11.5 Å². The van der Waals surface area contributed by atoms with E-state index in [1.165, 1.54) is 14.2 Å². The molecule has 6 heteroatoms. The summed E-state index contributed by atoms with van der Waals surface area (Å²) in [7, 11) is 2.80. The van der Waals surface area contributed by atoms with E-state index in [1.54, 1.807) is 32.0 Å². The standard InChI is InChI=1S/C17H25NO5/c1-7-17(4,16(20)22-6)18-15(19)12-8-9-13(23-11(2)3)14(10-12)21-5/h8-11H,7H2,1-6H3,(H,18,19)/t17-/m0/s1. The van der Waals surface area contributed by atoms with Crippen LogP contribution in [-0.2, 0) is 9.53 Å². The zero-order valence-corrected chi connectivity index (χ0v) is 14.6. The number of carbonyl (C=O) groups excluding carboxylic acids is 2. The molecule has 0 fully saturated rings. The maximum Gasteiger partial charge on any atom is 0.331 e. The molecule has 0 unspecified atom stereocenters. The van der Waals surface area contributed by atoms with Gasteiger partial charge in [-0.25, -0.2) is 4.79 Å². The zero-order chi connectivity index (χ0) is 17.6. The molecule has 1 amide bonds. The summed E-state index contributed by atoms with van der Waals surface area (Å²) in [5.41, 5.74) is -0.701. The first-order valence-corrected chi connectivity index (χ1v) is 7.53. The smallest absolute Gasteiger partial charge is 0.331 e. The first-order chi connectivity index (χ1) is 10.8. The summed E-state index contributed by atoms with van der Waals surface area (Å²) < 4.78 is 15.6. The van der Waals surface area contributed by atoms with Crippen LogP contribution < -0.4 is 14.8 Å². The van der Waals surface area contributed by atoms with Crippen LogP contribution in [0.2, 0.25) is 0 Å². The van der Waals surface area contributed by atoms with Gasteiger partial charge in [0.15, 0.2) is 11.5 Å². The number of esters is 1. The topological polar surface area (TPSA) is 73.9 Å². The normalized spacial score (nSPS) is 13.2. The molecule has 23 heavy (non-hydrogen) atoms. The summed E-state index contributed by atoms with van der Waals surface area (Å²) in [5.74, 6) is 0.155. The van der Waals surface area contributed by atoms with Gasteiger partial charge in [-0.15, -0.1) is 0 Å². The van der Waals surface area contributed by atoms with Crippen molar-refractivity contribution in [3.63, 3.8) is 0 Å². The number of methoxy groups -OCH3 is 2. The van der Waals surface area contributed by atoms with E-state index in [0.29, 0.717) is 23.5 Å². The number of rotatable bonds is 7. The fraction of sp³-hybridized carbons (Fsp3) is 0.529. The Hall–Kier alpha value is -2.24. The van der Waals surface area contributed by atoms with E-state index in [0.717, 1.165) is 0 Å². The molecular formula is C17H25NO5. The number of hydrogen-bond donors (Lipinski definition) is 1. The molecule has 0 aliphatic carbocycles. The molecule has 0 aliphatic rings. The molecule has 1 aromatic rings. The van der Waals surface area contributed by atoms with Crippen molar-refractivity contribution < 1.29 is 23.8 Å². The van der Waals surface area contributed by atoms with Crippen LogP contribution in [0.15, 0.2) is 18.2 Å². The molecule has 1 rings (SSSR count). The highest BCUT2D eigenvalue weighted by Crippen LogP contribution is 2.29. The molecule has 0 saturated heterocycles. The van der Waals surface area contributed by atoms with E-state index >= 15 is 0 Å². The van der Waals surface area contributed by atoms with Gasteiger partial charge in [0.1, 0.15) is 5.54 Å². The lowest BCUT2D eigenvalue weighted by atomic mass is 9.98. The van der Waals surface area contributed by atoms with Crippen molar-refractivity contribution in [2.24, 2.45) is 0 Å². The van der Waals surface area contributed by atoms with Crippen LogP contribution in [-0.4, -0.2) is 37.7 Å². The predicted octanol–water partition coefficient (Wildman–Crippen LogP) is 2.55. The van der Waals surface area contributed by atoms with Crippen molar-refractivity contribution >= 4 is 11.9 Å². The average molecular weight is 323 g/mol. The first kappa shape index (κ1) is 18.8. The van der Waals surface area contributed by atoms with E-state index in [2.05, 4.69) is 5.32 Å². The summed E-state index contributed by atoms with van der Waals surface area (Å²) in [4.78, 5) is 24.3. The van der Waals surface area contributed by atoms with Gasteiger partial charge in [0.05, 0.1) is 20.3 Å². The van der Waals surface area contributed by atoms with E-state index in [-0.39, 0.29) is 12.0 Å². The lowest BCUT2D eigenvalue weighted by Gasteiger charge is -2.26. The van der Waals surface area contributed by atoms with Gasteiger partial charge < -0.3 is 19.5 Å². The highest BCUT2D eigenvalue weighted by Gasteiger charge is 2.34. The number of amides is 1. The van der Waals surface area contributed by atoms with Gasteiger partial charge in [-0.2, -0.15) is 0 Å². The third-order valence-corrected chi connectivity index (χ3v) is 3.52. The van der Waals surface area contributed by atoms with Crippen LogP contribution in [0.4, 0.5) is 0 Å². The number of nitrogens with one attached hydrogen (secondary N) is 1. The fourth-order valence-corrected chi connectivity index (χ4v) is 1.99. The fourth-order valence-electron chi connectivity index (χ4n) is 1.99. The first-order valence-electron chi connectivity index (χ1n) is 7.53. The summed E-state index contributed by atoms with van der Waals surface area (Å²) in [6, 6.07) is 4.89. The van der Waals surface area contributed by atoms with Crippen LogP contribution in [0, 0.1) is 0 Å². The second-order valence-corrected chi connectivity index (χ2v) is 5.66. The quantitative estimate of drug-likeness (QED) is 0.781. The second kappa shape index (κ2) is 7.85. The molecule has 1 atom stereocenters. The van der Waals surface area contributed by atoms with Crippen LogP contribution >= 0.6 is 0 Å². The number of ether oxygens (including phenoxy) is 3. The average Bonchev–Trinajstić information content (AvgIpc) is 2.53. The van der Waals surface area contributed by atoms with E-state index in [4.69, 9.17) is 14.2 Å². The molecule has 6 nitrogen and oxygen atoms in total. The van der Waals surface area contributed by atoms with E-state index in [1.807, 2.05) is 13.8 Å². The Bertz CT molecular complexity index is 570. The summed E-state index contributed by atoms with van der Waals surface area (Å²) in [5, 5.41) is 2.71. The van der Waals surface area contributed by atoms with Gasteiger partial charge in [-0.05, 0) is 45.4 Å². The van der Waals surface area contributed by atoms with Gasteiger partial charge in [-0.1, -0.05) is 6.92 Å². The maximum absolute atomic E-state index is 12.4. The molecule has 0 saturated carbocycles. The molecular weight excluding hydrogens is 298 g/mol. The van der Waals surface area contributed by atoms with Crippen molar-refractivity contribution in [2.75, 3.05) is 14.2 Å². The second-order valence-electron chi connectivity index (χ2n) is 5.66. The molecule has 0 radical (unpaired) electrons. The molecule has 1 aromatic carbocycles. The minimum absolute atomic E-state index is 0.00807. The summed E-state index contributed by atoms with van der Waals surface area (Å²) >= 11 is 0. The SMILES string of the molecule is CC[C@](C)(NC(=O)c1ccc(OC(C)C)c(OC)c1)C(=O)OC.